The van der Waals surface area contributed by atoms with Gasteiger partial charge in [0.25, 0.3) is 0 Å². The number of aromatic nitrogens is 2. The molecule has 1 aromatic rings. The van der Waals surface area contributed by atoms with Gasteiger partial charge in [0, 0.05) is 19.4 Å². The van der Waals surface area contributed by atoms with E-state index in [4.69, 9.17) is 26.2 Å². The van der Waals surface area contributed by atoms with E-state index in [1.807, 2.05) is 0 Å². The molecule has 3 amide bonds. The second-order valence-corrected chi connectivity index (χ2v) is 5.84. The Kier molecular flexibility index (Phi) is 8.58. The van der Waals surface area contributed by atoms with Gasteiger partial charge in [0.1, 0.15) is 12.1 Å². The molecule has 0 radical (unpaired) electrons. The van der Waals surface area contributed by atoms with E-state index in [1.165, 1.54) is 6.92 Å². The molecule has 27 heavy (non-hydrogen) atoms. The molecule has 0 aromatic carbocycles. The zero-order valence-corrected chi connectivity index (χ0v) is 14.7. The number of hydrogen-bond acceptors (Lipinski definition) is 9. The normalized spacial score (nSPS) is 15.4. The molecular weight excluding hydrogens is 364 g/mol. The predicted molar refractivity (Wildman–Crippen MR) is 88.9 cm³/mol. The van der Waals surface area contributed by atoms with Gasteiger partial charge in [-0.25, -0.2) is 9.59 Å². The van der Waals surface area contributed by atoms with E-state index in [1.54, 1.807) is 0 Å². The number of aliphatic carboxylic acids is 1. The van der Waals surface area contributed by atoms with Crippen LogP contribution in [0, 0.1) is 0 Å². The van der Waals surface area contributed by atoms with E-state index in [-0.39, 0.29) is 31.0 Å². The Morgan fingerprint density at radius 2 is 1.93 bits per heavy atom. The fourth-order valence-electron chi connectivity index (χ4n) is 2.03. The van der Waals surface area contributed by atoms with Crippen LogP contribution in [0.15, 0.2) is 4.52 Å². The minimum atomic E-state index is -1.32. The van der Waals surface area contributed by atoms with Gasteiger partial charge in [-0.05, 0) is 13.3 Å². The summed E-state index contributed by atoms with van der Waals surface area (Å²) in [6.45, 7) is 0.997. The van der Waals surface area contributed by atoms with Crippen molar-refractivity contribution in [2.24, 2.45) is 11.5 Å². The van der Waals surface area contributed by atoms with Crippen molar-refractivity contribution in [3.63, 3.8) is 0 Å². The van der Waals surface area contributed by atoms with E-state index >= 15 is 0 Å². The Morgan fingerprint density at radius 3 is 2.44 bits per heavy atom. The summed E-state index contributed by atoms with van der Waals surface area (Å²) in [6.07, 6.45) is -1.26. The highest BCUT2D eigenvalue weighted by Gasteiger charge is 2.27. The highest BCUT2D eigenvalue weighted by Crippen LogP contribution is 2.19. The smallest absolute Gasteiger partial charge is 0.326 e. The van der Waals surface area contributed by atoms with E-state index in [0.717, 1.165) is 0 Å². The van der Waals surface area contributed by atoms with Crippen LogP contribution in [0.4, 0.5) is 4.79 Å². The molecule has 0 saturated heterocycles. The van der Waals surface area contributed by atoms with Crippen LogP contribution in [0.5, 0.6) is 0 Å². The van der Waals surface area contributed by atoms with Gasteiger partial charge >= 0.3 is 12.0 Å². The summed E-state index contributed by atoms with van der Waals surface area (Å²) in [5, 5.41) is 35.5. The molecule has 9 N–H and O–H groups in total. The first-order chi connectivity index (χ1) is 12.6. The van der Waals surface area contributed by atoms with Crippen LogP contribution in [0.25, 0.3) is 0 Å². The fraction of sp³-hybridized carbons (Fsp3) is 0.643. The number of nitrogens with zero attached hydrogens (tertiary/aromatic N) is 2. The summed E-state index contributed by atoms with van der Waals surface area (Å²) >= 11 is 0. The quantitative estimate of drug-likeness (QED) is 0.218. The lowest BCUT2D eigenvalue weighted by Gasteiger charge is -2.18. The molecule has 0 aliphatic carbocycles. The Hall–Kier alpha value is -2.77. The molecule has 1 rings (SSSR count). The lowest BCUT2D eigenvalue weighted by Crippen LogP contribution is -2.47. The maximum atomic E-state index is 12.1. The standard InChI is InChI=1S/C14H24N6O7/c1-6(22)10(16)11-19-12(27-20-11)7(2-3-9(15)23)17-14(26)18-8(4-5-21)13(24)25/h6-8,10,21-22H,2-5,16H2,1H3,(H2,15,23)(H,24,25)(H2,17,18,26)/t6?,7-,8-,10-/m0/s1. The maximum absolute atomic E-state index is 12.1. The van der Waals surface area contributed by atoms with Crippen molar-refractivity contribution in [1.29, 1.82) is 0 Å². The first-order valence-electron chi connectivity index (χ1n) is 8.11. The molecule has 1 heterocycles. The summed E-state index contributed by atoms with van der Waals surface area (Å²) < 4.78 is 5.03. The lowest BCUT2D eigenvalue weighted by atomic mass is 10.1. The topological polar surface area (TPSA) is 227 Å². The van der Waals surface area contributed by atoms with E-state index in [2.05, 4.69) is 20.8 Å². The van der Waals surface area contributed by atoms with Crippen LogP contribution in [0.1, 0.15) is 50.0 Å². The van der Waals surface area contributed by atoms with Gasteiger partial charge in [0.05, 0.1) is 12.1 Å². The summed E-state index contributed by atoms with van der Waals surface area (Å²) in [5.74, 6) is -2.05. The molecule has 13 heteroatoms. The Balaban J connectivity index is 2.89. The highest BCUT2D eigenvalue weighted by atomic mass is 16.5. The molecule has 0 bridgehead atoms. The number of carboxylic acid groups (broad SMARTS) is 1. The number of rotatable bonds is 11. The summed E-state index contributed by atoms with van der Waals surface area (Å²) in [7, 11) is 0. The minimum Gasteiger partial charge on any atom is -0.480 e. The first kappa shape index (κ1) is 22.3. The monoisotopic (exact) mass is 388 g/mol. The summed E-state index contributed by atoms with van der Waals surface area (Å²) in [5.41, 5.74) is 10.8. The number of carbonyl (C=O) groups excluding carboxylic acids is 2. The van der Waals surface area contributed by atoms with E-state index in [0.29, 0.717) is 0 Å². The third kappa shape index (κ3) is 7.16. The van der Waals surface area contributed by atoms with Crippen LogP contribution in [0.2, 0.25) is 0 Å². The number of primary amides is 1. The Labute approximate surface area is 154 Å². The Bertz CT molecular complexity index is 650. The van der Waals surface area contributed by atoms with Crippen molar-refractivity contribution in [2.75, 3.05) is 6.61 Å². The number of nitrogens with two attached hydrogens (primary N) is 2. The molecule has 0 fully saturated rings. The largest absolute Gasteiger partial charge is 0.480 e. The number of aliphatic hydroxyl groups is 2. The predicted octanol–water partition coefficient (Wildman–Crippen LogP) is -2.11. The molecule has 0 aliphatic heterocycles. The van der Waals surface area contributed by atoms with Crippen molar-refractivity contribution < 1.29 is 34.2 Å². The average Bonchev–Trinajstić information content (AvgIpc) is 3.06. The van der Waals surface area contributed by atoms with Crippen LogP contribution in [-0.2, 0) is 9.59 Å². The zero-order chi connectivity index (χ0) is 20.6. The molecule has 13 nitrogen and oxygen atoms in total. The zero-order valence-electron chi connectivity index (χ0n) is 14.7. The van der Waals surface area contributed by atoms with Gasteiger partial charge in [-0.3, -0.25) is 4.79 Å². The SMILES string of the molecule is CC(O)[C@H](N)c1noc([C@H](CCC(N)=O)NC(=O)N[C@@H](CCO)C(=O)O)n1. The second kappa shape index (κ2) is 10.4. The van der Waals surface area contributed by atoms with Crippen molar-refractivity contribution >= 4 is 17.9 Å². The van der Waals surface area contributed by atoms with Gasteiger partial charge < -0.3 is 41.9 Å². The van der Waals surface area contributed by atoms with Crippen LogP contribution < -0.4 is 22.1 Å². The van der Waals surface area contributed by atoms with Gasteiger partial charge in [-0.15, -0.1) is 0 Å². The average molecular weight is 388 g/mol. The molecule has 0 saturated carbocycles. The molecule has 1 aromatic heterocycles. The minimum absolute atomic E-state index is 0.00465. The van der Waals surface area contributed by atoms with Crippen LogP contribution in [0.3, 0.4) is 0 Å². The third-order valence-electron chi connectivity index (χ3n) is 3.58. The molecule has 0 aliphatic rings. The molecule has 1 unspecified atom stereocenters. The van der Waals surface area contributed by atoms with Crippen LogP contribution in [-0.4, -0.2) is 62.1 Å². The van der Waals surface area contributed by atoms with E-state index in [9.17, 15) is 19.5 Å². The van der Waals surface area contributed by atoms with E-state index < -0.39 is 48.7 Å². The molecule has 152 valence electrons. The number of nitrogens with one attached hydrogen (secondary N) is 2. The Morgan fingerprint density at radius 1 is 1.26 bits per heavy atom. The number of hydrogen-bond donors (Lipinski definition) is 7. The number of carboxylic acids is 1. The number of aliphatic hydroxyl groups excluding tert-OH is 2. The van der Waals surface area contributed by atoms with Crippen LogP contribution >= 0.6 is 0 Å². The maximum Gasteiger partial charge on any atom is 0.326 e. The third-order valence-corrected chi connectivity index (χ3v) is 3.58. The van der Waals surface area contributed by atoms with Crippen molar-refractivity contribution in [3.8, 4) is 0 Å². The van der Waals surface area contributed by atoms with Gasteiger partial charge in [0.2, 0.25) is 11.8 Å². The summed E-state index contributed by atoms with van der Waals surface area (Å²) in [6, 6.07) is -4.07. The van der Waals surface area contributed by atoms with Gasteiger partial charge in [-0.1, -0.05) is 5.16 Å². The number of urea groups is 1. The van der Waals surface area contributed by atoms with Crippen molar-refractivity contribution in [2.45, 2.75) is 50.4 Å². The second-order valence-electron chi connectivity index (χ2n) is 5.84. The molecular formula is C14H24N6O7. The molecule has 0 spiro atoms. The summed E-state index contributed by atoms with van der Waals surface area (Å²) in [4.78, 5) is 38.2. The highest BCUT2D eigenvalue weighted by molar-refractivity contribution is 5.82. The van der Waals surface area contributed by atoms with Gasteiger partial charge in [-0.2, -0.15) is 4.98 Å². The van der Waals surface area contributed by atoms with Gasteiger partial charge in [0.15, 0.2) is 5.82 Å². The number of amides is 3. The van der Waals surface area contributed by atoms with Crippen molar-refractivity contribution in [1.82, 2.24) is 20.8 Å². The lowest BCUT2D eigenvalue weighted by molar-refractivity contribution is -0.139. The fourth-order valence-corrected chi connectivity index (χ4v) is 2.03. The molecule has 4 atom stereocenters. The van der Waals surface area contributed by atoms with Crippen molar-refractivity contribution in [3.05, 3.63) is 11.7 Å². The first-order valence-corrected chi connectivity index (χ1v) is 8.11. The number of carbonyl (C=O) groups is 3.